The van der Waals surface area contributed by atoms with E-state index in [0.717, 1.165) is 36.1 Å². The number of carbonyl (C=O) groups is 1. The molecule has 1 aliphatic rings. The van der Waals surface area contributed by atoms with Crippen LogP contribution in [-0.2, 0) is 11.2 Å². The number of rotatable bonds is 3. The van der Waals surface area contributed by atoms with Gasteiger partial charge >= 0.3 is 5.97 Å². The summed E-state index contributed by atoms with van der Waals surface area (Å²) in [5.41, 5.74) is 2.66. The third kappa shape index (κ3) is 2.76. The number of fused-ring (bicyclic) bond motifs is 1. The van der Waals surface area contributed by atoms with Crippen LogP contribution >= 0.6 is 0 Å². The van der Waals surface area contributed by atoms with Crippen LogP contribution in [0, 0.1) is 5.82 Å². The Hall–Kier alpha value is -2.69. The predicted octanol–water partition coefficient (Wildman–Crippen LogP) is 3.01. The zero-order chi connectivity index (χ0) is 14.8. The predicted molar refractivity (Wildman–Crippen MR) is 78.0 cm³/mol. The normalized spacial score (nSPS) is 13.7. The Morgan fingerprint density at radius 1 is 1.33 bits per heavy atom. The fourth-order valence-corrected chi connectivity index (χ4v) is 2.41. The highest BCUT2D eigenvalue weighted by molar-refractivity contribution is 5.85. The summed E-state index contributed by atoms with van der Waals surface area (Å²) in [5, 5.41) is 8.59. The molecule has 0 atom stereocenters. The maximum absolute atomic E-state index is 13.4. The lowest BCUT2D eigenvalue weighted by Crippen LogP contribution is -2.14. The average Bonchev–Trinajstić information content (AvgIpc) is 2.88. The number of nitrogens with zero attached hydrogens (tertiary/aromatic N) is 2. The summed E-state index contributed by atoms with van der Waals surface area (Å²) >= 11 is 0. The number of halogens is 1. The second-order valence-corrected chi connectivity index (χ2v) is 4.80. The highest BCUT2D eigenvalue weighted by atomic mass is 19.1. The van der Waals surface area contributed by atoms with Gasteiger partial charge in [0.2, 0.25) is 0 Å². The highest BCUT2D eigenvalue weighted by Crippen LogP contribution is 2.33. The zero-order valence-corrected chi connectivity index (χ0v) is 11.2. The third-order valence-corrected chi connectivity index (χ3v) is 3.41. The molecule has 4 nitrogen and oxygen atoms in total. The molecule has 0 aliphatic carbocycles. The van der Waals surface area contributed by atoms with Crippen LogP contribution in [0.2, 0.25) is 0 Å². The fourth-order valence-electron chi connectivity index (χ4n) is 2.41. The molecule has 0 amide bonds. The number of benzene rings is 1. The van der Waals surface area contributed by atoms with Crippen molar-refractivity contribution in [2.45, 2.75) is 6.42 Å². The first kappa shape index (κ1) is 13.3. The maximum atomic E-state index is 13.4. The van der Waals surface area contributed by atoms with Gasteiger partial charge in [-0.3, -0.25) is 0 Å². The Labute approximate surface area is 121 Å². The van der Waals surface area contributed by atoms with Crippen LogP contribution in [-0.4, -0.2) is 22.6 Å². The molecule has 1 aliphatic heterocycles. The molecule has 5 heteroatoms. The van der Waals surface area contributed by atoms with Gasteiger partial charge in [-0.2, -0.15) is 0 Å². The van der Waals surface area contributed by atoms with E-state index in [1.165, 1.54) is 18.2 Å². The van der Waals surface area contributed by atoms with E-state index in [-0.39, 0.29) is 5.82 Å². The first-order valence-corrected chi connectivity index (χ1v) is 6.56. The molecule has 0 spiro atoms. The summed E-state index contributed by atoms with van der Waals surface area (Å²) in [4.78, 5) is 16.8. The molecule has 0 radical (unpaired) electrons. The van der Waals surface area contributed by atoms with Crippen LogP contribution in [0.4, 0.5) is 15.9 Å². The number of hydrogen-bond acceptors (Lipinski definition) is 3. The van der Waals surface area contributed by atoms with Crippen LogP contribution in [0.3, 0.4) is 0 Å². The van der Waals surface area contributed by atoms with Crippen molar-refractivity contribution < 1.29 is 14.3 Å². The van der Waals surface area contributed by atoms with Crippen LogP contribution in [0.25, 0.3) is 6.08 Å². The summed E-state index contributed by atoms with van der Waals surface area (Å²) in [6.45, 7) is 0.760. The average molecular weight is 284 g/mol. The molecule has 0 bridgehead atoms. The van der Waals surface area contributed by atoms with Crippen LogP contribution < -0.4 is 4.90 Å². The summed E-state index contributed by atoms with van der Waals surface area (Å²) in [6, 6.07) is 8.38. The number of aromatic nitrogens is 1. The lowest BCUT2D eigenvalue weighted by atomic mass is 10.2. The Morgan fingerprint density at radius 2 is 2.19 bits per heavy atom. The molecule has 0 saturated heterocycles. The monoisotopic (exact) mass is 284 g/mol. The summed E-state index contributed by atoms with van der Waals surface area (Å²) in [7, 11) is 0. The fraction of sp³-hybridized carbons (Fsp3) is 0.125. The molecular formula is C16H13FN2O2. The molecule has 0 saturated carbocycles. The van der Waals surface area contributed by atoms with E-state index in [2.05, 4.69) is 4.98 Å². The first-order valence-electron chi connectivity index (χ1n) is 6.56. The quantitative estimate of drug-likeness (QED) is 0.880. The summed E-state index contributed by atoms with van der Waals surface area (Å²) in [6.07, 6.45) is 5.01. The molecule has 106 valence electrons. The second kappa shape index (κ2) is 5.36. The largest absolute Gasteiger partial charge is 0.478 e. The summed E-state index contributed by atoms with van der Waals surface area (Å²) in [5.74, 6) is -0.531. The lowest BCUT2D eigenvalue weighted by molar-refractivity contribution is -0.131. The smallest absolute Gasteiger partial charge is 0.328 e. The molecule has 1 aromatic carbocycles. The molecule has 0 fully saturated rings. The zero-order valence-electron chi connectivity index (χ0n) is 11.2. The molecule has 2 aromatic rings. The summed E-state index contributed by atoms with van der Waals surface area (Å²) < 4.78 is 13.4. The van der Waals surface area contributed by atoms with Crippen molar-refractivity contribution in [2.75, 3.05) is 11.4 Å². The minimum absolute atomic E-state index is 0.262. The molecule has 3 rings (SSSR count). The van der Waals surface area contributed by atoms with Crippen molar-refractivity contribution in [3.8, 4) is 0 Å². The van der Waals surface area contributed by atoms with Gasteiger partial charge in [0.05, 0.1) is 0 Å². The van der Waals surface area contributed by atoms with E-state index in [9.17, 15) is 9.18 Å². The lowest BCUT2D eigenvalue weighted by Gasteiger charge is -2.18. The Kier molecular flexibility index (Phi) is 3.39. The van der Waals surface area contributed by atoms with Gasteiger partial charge in [-0.05, 0) is 47.9 Å². The van der Waals surface area contributed by atoms with Crippen molar-refractivity contribution in [1.29, 1.82) is 0 Å². The second-order valence-electron chi connectivity index (χ2n) is 4.80. The van der Waals surface area contributed by atoms with E-state index in [0.29, 0.717) is 5.56 Å². The minimum Gasteiger partial charge on any atom is -0.478 e. The number of aliphatic carboxylic acids is 1. The van der Waals surface area contributed by atoms with E-state index < -0.39 is 5.97 Å². The first-order chi connectivity index (χ1) is 10.1. The van der Waals surface area contributed by atoms with Crippen molar-refractivity contribution in [1.82, 2.24) is 4.98 Å². The molecule has 21 heavy (non-hydrogen) atoms. The van der Waals surface area contributed by atoms with Gasteiger partial charge in [0.15, 0.2) is 0 Å². The van der Waals surface area contributed by atoms with Gasteiger partial charge in [-0.25, -0.2) is 14.2 Å². The molecule has 1 aromatic heterocycles. The van der Waals surface area contributed by atoms with Gasteiger partial charge in [0.25, 0.3) is 0 Å². The molecule has 1 N–H and O–H groups in total. The Morgan fingerprint density at radius 3 is 2.90 bits per heavy atom. The highest BCUT2D eigenvalue weighted by Gasteiger charge is 2.21. The van der Waals surface area contributed by atoms with Crippen molar-refractivity contribution in [3.63, 3.8) is 0 Å². The van der Waals surface area contributed by atoms with E-state index in [4.69, 9.17) is 5.11 Å². The van der Waals surface area contributed by atoms with Crippen molar-refractivity contribution in [2.24, 2.45) is 0 Å². The van der Waals surface area contributed by atoms with Crippen molar-refractivity contribution in [3.05, 3.63) is 59.5 Å². The van der Waals surface area contributed by atoms with Gasteiger partial charge in [0, 0.05) is 24.5 Å². The van der Waals surface area contributed by atoms with Gasteiger partial charge < -0.3 is 10.0 Å². The van der Waals surface area contributed by atoms with Gasteiger partial charge in [-0.15, -0.1) is 0 Å². The third-order valence-electron chi connectivity index (χ3n) is 3.41. The van der Waals surface area contributed by atoms with Gasteiger partial charge in [-0.1, -0.05) is 6.07 Å². The van der Waals surface area contributed by atoms with Crippen LogP contribution in [0.15, 0.2) is 42.6 Å². The number of pyridine rings is 1. The van der Waals surface area contributed by atoms with Crippen LogP contribution in [0.1, 0.15) is 11.1 Å². The topological polar surface area (TPSA) is 53.4 Å². The van der Waals surface area contributed by atoms with Crippen molar-refractivity contribution >= 4 is 23.6 Å². The standard InChI is InChI=1S/C16H13FN2O2/c17-13-4-3-12-7-8-19(14(12)9-13)15-5-1-11(10-18-15)2-6-16(20)21/h1-6,9-10H,7-8H2,(H,20,21)/b6-2+. The number of carboxylic acids is 1. The SMILES string of the molecule is O=C(O)/C=C/c1ccc(N2CCc3ccc(F)cc32)nc1. The van der Waals surface area contributed by atoms with Crippen LogP contribution in [0.5, 0.6) is 0 Å². The van der Waals surface area contributed by atoms with Gasteiger partial charge in [0.1, 0.15) is 11.6 Å². The minimum atomic E-state index is -0.997. The van der Waals surface area contributed by atoms with E-state index in [1.54, 1.807) is 18.3 Å². The Bertz CT molecular complexity index is 711. The molecular weight excluding hydrogens is 271 g/mol. The van der Waals surface area contributed by atoms with E-state index in [1.807, 2.05) is 11.0 Å². The molecule has 2 heterocycles. The maximum Gasteiger partial charge on any atom is 0.328 e. The molecule has 0 unspecified atom stereocenters. The Balaban J connectivity index is 1.86. The van der Waals surface area contributed by atoms with E-state index >= 15 is 0 Å². The number of anilines is 2. The number of carboxylic acid groups (broad SMARTS) is 1. The number of hydrogen-bond donors (Lipinski definition) is 1.